The molecule has 3 N–H and O–H groups in total. The molecule has 1 aromatic rings. The van der Waals surface area contributed by atoms with Gasteiger partial charge in [-0.2, -0.15) is 0 Å². The van der Waals surface area contributed by atoms with Crippen molar-refractivity contribution in [2.24, 2.45) is 11.1 Å². The van der Waals surface area contributed by atoms with E-state index in [2.05, 4.69) is 5.32 Å². The van der Waals surface area contributed by atoms with E-state index in [0.29, 0.717) is 0 Å². The molecule has 2 rings (SSSR count). The van der Waals surface area contributed by atoms with Gasteiger partial charge in [-0.1, -0.05) is 12.8 Å². The van der Waals surface area contributed by atoms with Crippen molar-refractivity contribution in [2.75, 3.05) is 11.9 Å². The fourth-order valence-electron chi connectivity index (χ4n) is 2.47. The summed E-state index contributed by atoms with van der Waals surface area (Å²) in [6.45, 7) is 0.261. The maximum absolute atomic E-state index is 13.0. The molecule has 1 aliphatic rings. The Balaban J connectivity index is 2.15. The molecular formula is C13H16F2N2O. The molecule has 0 heterocycles. The molecule has 5 heteroatoms. The van der Waals surface area contributed by atoms with E-state index in [0.717, 1.165) is 43.9 Å². The minimum absolute atomic E-state index is 0.136. The van der Waals surface area contributed by atoms with Crippen molar-refractivity contribution in [2.45, 2.75) is 25.7 Å². The highest BCUT2D eigenvalue weighted by molar-refractivity contribution is 5.95. The molecule has 0 bridgehead atoms. The number of hydrogen-bond donors (Lipinski definition) is 2. The molecule has 3 nitrogen and oxygen atoms in total. The third-order valence-corrected chi connectivity index (χ3v) is 3.55. The molecular weight excluding hydrogens is 238 g/mol. The van der Waals surface area contributed by atoms with E-state index in [1.807, 2.05) is 0 Å². The second-order valence-corrected chi connectivity index (χ2v) is 4.80. The fourth-order valence-corrected chi connectivity index (χ4v) is 2.47. The number of nitrogens with two attached hydrogens (primary N) is 1. The molecule has 0 saturated heterocycles. The summed E-state index contributed by atoms with van der Waals surface area (Å²) in [5.74, 6) is -1.66. The van der Waals surface area contributed by atoms with Crippen LogP contribution in [-0.4, -0.2) is 12.5 Å². The first-order valence-electron chi connectivity index (χ1n) is 6.03. The van der Waals surface area contributed by atoms with Gasteiger partial charge in [0.2, 0.25) is 5.91 Å². The number of rotatable bonds is 3. The molecule has 0 atom stereocenters. The molecule has 0 aromatic heterocycles. The van der Waals surface area contributed by atoms with E-state index in [9.17, 15) is 13.6 Å². The SMILES string of the molecule is NCC1(C(=O)Nc2cc(F)cc(F)c2)CCCC1. The van der Waals surface area contributed by atoms with Gasteiger partial charge in [0.25, 0.3) is 0 Å². The predicted molar refractivity (Wildman–Crippen MR) is 64.9 cm³/mol. The summed E-state index contributed by atoms with van der Waals surface area (Å²) in [5, 5.41) is 2.56. The van der Waals surface area contributed by atoms with Crippen LogP contribution in [0.2, 0.25) is 0 Å². The van der Waals surface area contributed by atoms with E-state index >= 15 is 0 Å². The van der Waals surface area contributed by atoms with Crippen molar-refractivity contribution in [3.8, 4) is 0 Å². The summed E-state index contributed by atoms with van der Waals surface area (Å²) in [5.41, 5.74) is 5.23. The minimum atomic E-state index is -0.710. The Morgan fingerprint density at radius 1 is 1.22 bits per heavy atom. The van der Waals surface area contributed by atoms with Crippen molar-refractivity contribution in [1.82, 2.24) is 0 Å². The number of hydrogen-bond acceptors (Lipinski definition) is 2. The largest absolute Gasteiger partial charge is 0.329 e. The summed E-state index contributed by atoms with van der Waals surface area (Å²) in [4.78, 5) is 12.2. The van der Waals surface area contributed by atoms with Crippen LogP contribution in [0, 0.1) is 17.0 Å². The molecule has 1 saturated carbocycles. The predicted octanol–water partition coefficient (Wildman–Crippen LogP) is 2.42. The average Bonchev–Trinajstić information content (AvgIpc) is 2.77. The molecule has 0 spiro atoms. The Morgan fingerprint density at radius 3 is 2.28 bits per heavy atom. The van der Waals surface area contributed by atoms with Crippen molar-refractivity contribution in [1.29, 1.82) is 0 Å². The van der Waals surface area contributed by atoms with Crippen LogP contribution in [0.1, 0.15) is 25.7 Å². The number of amides is 1. The maximum atomic E-state index is 13.0. The highest BCUT2D eigenvalue weighted by Gasteiger charge is 2.39. The molecule has 0 unspecified atom stereocenters. The number of nitrogens with one attached hydrogen (secondary N) is 1. The maximum Gasteiger partial charge on any atom is 0.231 e. The summed E-state index contributed by atoms with van der Waals surface area (Å²) in [6, 6.07) is 2.96. The second-order valence-electron chi connectivity index (χ2n) is 4.80. The van der Waals surface area contributed by atoms with Crippen LogP contribution in [0.5, 0.6) is 0 Å². The third-order valence-electron chi connectivity index (χ3n) is 3.55. The zero-order valence-corrected chi connectivity index (χ0v) is 10.0. The molecule has 0 aliphatic heterocycles. The Kier molecular flexibility index (Phi) is 3.61. The number of benzene rings is 1. The monoisotopic (exact) mass is 254 g/mol. The number of carbonyl (C=O) groups is 1. The number of anilines is 1. The zero-order chi connectivity index (χ0) is 13.2. The fraction of sp³-hybridized carbons (Fsp3) is 0.462. The van der Waals surface area contributed by atoms with Gasteiger partial charge in [-0.15, -0.1) is 0 Å². The van der Waals surface area contributed by atoms with E-state index in [1.165, 1.54) is 0 Å². The van der Waals surface area contributed by atoms with Crippen LogP contribution >= 0.6 is 0 Å². The normalized spacial score (nSPS) is 17.7. The van der Waals surface area contributed by atoms with Gasteiger partial charge in [-0.3, -0.25) is 4.79 Å². The lowest BCUT2D eigenvalue weighted by atomic mass is 9.85. The van der Waals surface area contributed by atoms with Gasteiger partial charge in [0.1, 0.15) is 11.6 Å². The number of halogens is 2. The lowest BCUT2D eigenvalue weighted by Gasteiger charge is -2.25. The van der Waals surface area contributed by atoms with Gasteiger partial charge >= 0.3 is 0 Å². The van der Waals surface area contributed by atoms with Gasteiger partial charge in [-0.05, 0) is 25.0 Å². The Morgan fingerprint density at radius 2 is 1.78 bits per heavy atom. The van der Waals surface area contributed by atoms with E-state index in [-0.39, 0.29) is 18.1 Å². The van der Waals surface area contributed by atoms with E-state index in [4.69, 9.17) is 5.73 Å². The molecule has 98 valence electrons. The Labute approximate surface area is 104 Å². The van der Waals surface area contributed by atoms with Gasteiger partial charge in [0.05, 0.1) is 5.41 Å². The quantitative estimate of drug-likeness (QED) is 0.870. The van der Waals surface area contributed by atoms with Crippen LogP contribution in [0.4, 0.5) is 14.5 Å². The Bertz CT molecular complexity index is 436. The van der Waals surface area contributed by atoms with Crippen LogP contribution in [-0.2, 0) is 4.79 Å². The second kappa shape index (κ2) is 5.02. The number of carbonyl (C=O) groups excluding carboxylic acids is 1. The van der Waals surface area contributed by atoms with E-state index in [1.54, 1.807) is 0 Å². The van der Waals surface area contributed by atoms with Crippen molar-refractivity contribution < 1.29 is 13.6 Å². The third kappa shape index (κ3) is 2.51. The van der Waals surface area contributed by atoms with Gasteiger partial charge < -0.3 is 11.1 Å². The summed E-state index contributed by atoms with van der Waals surface area (Å²) in [6.07, 6.45) is 3.38. The zero-order valence-electron chi connectivity index (χ0n) is 10.0. The van der Waals surface area contributed by atoms with Crippen LogP contribution in [0.15, 0.2) is 18.2 Å². The highest BCUT2D eigenvalue weighted by Crippen LogP contribution is 2.38. The molecule has 1 aliphatic carbocycles. The topological polar surface area (TPSA) is 55.1 Å². The van der Waals surface area contributed by atoms with Crippen LogP contribution < -0.4 is 11.1 Å². The molecule has 18 heavy (non-hydrogen) atoms. The first kappa shape index (κ1) is 13.0. The summed E-state index contributed by atoms with van der Waals surface area (Å²) < 4.78 is 26.0. The van der Waals surface area contributed by atoms with Crippen LogP contribution in [0.25, 0.3) is 0 Å². The van der Waals surface area contributed by atoms with Crippen molar-refractivity contribution in [3.63, 3.8) is 0 Å². The molecule has 1 aromatic carbocycles. The minimum Gasteiger partial charge on any atom is -0.329 e. The van der Waals surface area contributed by atoms with Crippen molar-refractivity contribution in [3.05, 3.63) is 29.8 Å². The average molecular weight is 254 g/mol. The van der Waals surface area contributed by atoms with Gasteiger partial charge in [-0.25, -0.2) is 8.78 Å². The molecule has 1 amide bonds. The van der Waals surface area contributed by atoms with Crippen molar-refractivity contribution >= 4 is 11.6 Å². The smallest absolute Gasteiger partial charge is 0.231 e. The molecule has 1 fully saturated rings. The first-order chi connectivity index (χ1) is 8.55. The summed E-state index contributed by atoms with van der Waals surface area (Å²) >= 11 is 0. The Hall–Kier alpha value is -1.49. The summed E-state index contributed by atoms with van der Waals surface area (Å²) in [7, 11) is 0. The first-order valence-corrected chi connectivity index (χ1v) is 6.03. The van der Waals surface area contributed by atoms with Crippen LogP contribution in [0.3, 0.4) is 0 Å². The molecule has 0 radical (unpaired) electrons. The lowest BCUT2D eigenvalue weighted by Crippen LogP contribution is -2.40. The van der Waals surface area contributed by atoms with Gasteiger partial charge in [0.15, 0.2) is 0 Å². The van der Waals surface area contributed by atoms with E-state index < -0.39 is 17.0 Å². The highest BCUT2D eigenvalue weighted by atomic mass is 19.1. The standard InChI is InChI=1S/C13H16F2N2O/c14-9-5-10(15)7-11(6-9)17-12(18)13(8-16)3-1-2-4-13/h5-7H,1-4,8,16H2,(H,17,18). The lowest BCUT2D eigenvalue weighted by molar-refractivity contribution is -0.124. The van der Waals surface area contributed by atoms with Gasteiger partial charge in [0, 0.05) is 18.3 Å².